The summed E-state index contributed by atoms with van der Waals surface area (Å²) in [6.07, 6.45) is 0.649. The van der Waals surface area contributed by atoms with Crippen molar-refractivity contribution in [2.24, 2.45) is 0 Å². The largest absolute Gasteiger partial charge is 0.461 e. The summed E-state index contributed by atoms with van der Waals surface area (Å²) in [6, 6.07) is 7.57. The van der Waals surface area contributed by atoms with Crippen LogP contribution in [-0.2, 0) is 20.9 Å². The number of nitrogens with zero attached hydrogens (tertiary/aromatic N) is 3. The van der Waals surface area contributed by atoms with Crippen LogP contribution in [0.2, 0.25) is 0 Å². The Morgan fingerprint density at radius 1 is 1.23 bits per heavy atom. The molecule has 1 amide bonds. The summed E-state index contributed by atoms with van der Waals surface area (Å²) in [7, 11) is 0. The molecule has 0 aliphatic heterocycles. The molecular weight excluding hydrogens is 416 g/mol. The normalized spacial score (nSPS) is 11.9. The summed E-state index contributed by atoms with van der Waals surface area (Å²) in [5.41, 5.74) is 3.80. The molecule has 0 saturated carbocycles. The van der Waals surface area contributed by atoms with Crippen LogP contribution >= 0.6 is 11.8 Å². The number of anilines is 1. The molecule has 3 aromatic rings. The number of benzene rings is 1. The van der Waals surface area contributed by atoms with E-state index in [2.05, 4.69) is 15.5 Å². The first-order valence-corrected chi connectivity index (χ1v) is 11.0. The number of nitrogens with one attached hydrogen (secondary N) is 1. The Morgan fingerprint density at radius 3 is 2.55 bits per heavy atom. The quantitative estimate of drug-likeness (QED) is 0.413. The third-order valence-electron chi connectivity index (χ3n) is 4.70. The monoisotopic (exact) mass is 442 g/mol. The molecule has 0 aliphatic carbocycles. The molecule has 2 heterocycles. The van der Waals surface area contributed by atoms with E-state index in [-0.39, 0.29) is 11.7 Å². The van der Waals surface area contributed by atoms with E-state index >= 15 is 0 Å². The smallest absolute Gasteiger partial charge is 0.317 e. The van der Waals surface area contributed by atoms with Crippen LogP contribution < -0.4 is 5.32 Å². The van der Waals surface area contributed by atoms with E-state index in [1.54, 1.807) is 25.3 Å². The van der Waals surface area contributed by atoms with Gasteiger partial charge >= 0.3 is 5.97 Å². The third-order valence-corrected chi connectivity index (χ3v) is 5.64. The van der Waals surface area contributed by atoms with Gasteiger partial charge in [-0.25, -0.2) is 0 Å². The van der Waals surface area contributed by atoms with E-state index < -0.39 is 12.1 Å². The summed E-state index contributed by atoms with van der Waals surface area (Å²) in [5.74, 6) is 0.340. The molecule has 0 saturated heterocycles. The first-order chi connectivity index (χ1) is 14.8. The van der Waals surface area contributed by atoms with Crippen molar-refractivity contribution in [3.8, 4) is 11.6 Å². The molecule has 0 fully saturated rings. The molecule has 1 aromatic carbocycles. The Hall–Kier alpha value is -3.07. The predicted molar refractivity (Wildman–Crippen MR) is 119 cm³/mol. The minimum atomic E-state index is -0.920. The molecule has 0 bridgehead atoms. The molecular formula is C22H26N4O4S. The van der Waals surface area contributed by atoms with Crippen LogP contribution in [0, 0.1) is 20.8 Å². The number of hydrogen-bond acceptors (Lipinski definition) is 7. The SMILES string of the molecule is CCn1c(SCC(=O)OC(C)C(=O)Nc2c(C)cc(C)cc2C)nnc1-c1ccco1. The van der Waals surface area contributed by atoms with E-state index in [9.17, 15) is 9.59 Å². The number of amides is 1. The Morgan fingerprint density at radius 2 is 1.94 bits per heavy atom. The Labute approximate surface area is 185 Å². The van der Waals surface area contributed by atoms with Crippen LogP contribution in [0.3, 0.4) is 0 Å². The standard InChI is InChI=1S/C22H26N4O4S/c1-6-26-20(17-8-7-9-29-17)24-25-22(26)31-12-18(27)30-16(5)21(28)23-19-14(3)10-13(2)11-15(19)4/h7-11,16H,6,12H2,1-5H3,(H,23,28). The van der Waals surface area contributed by atoms with Gasteiger partial charge in [-0.15, -0.1) is 10.2 Å². The zero-order valence-corrected chi connectivity index (χ0v) is 19.1. The van der Waals surface area contributed by atoms with Gasteiger partial charge in [-0.3, -0.25) is 14.2 Å². The van der Waals surface area contributed by atoms with Gasteiger partial charge in [-0.2, -0.15) is 0 Å². The number of carbonyl (C=O) groups excluding carboxylic acids is 2. The Kier molecular flexibility index (Phi) is 7.17. The number of carbonyl (C=O) groups is 2. The summed E-state index contributed by atoms with van der Waals surface area (Å²) < 4.78 is 12.6. The van der Waals surface area contributed by atoms with Crippen LogP contribution in [0.25, 0.3) is 11.6 Å². The number of ether oxygens (including phenoxy) is 1. The first-order valence-electron chi connectivity index (χ1n) is 9.98. The molecule has 1 N–H and O–H groups in total. The number of rotatable bonds is 8. The Balaban J connectivity index is 1.57. The summed E-state index contributed by atoms with van der Waals surface area (Å²) in [4.78, 5) is 24.8. The molecule has 2 aromatic heterocycles. The van der Waals surface area contributed by atoms with Crippen molar-refractivity contribution >= 4 is 29.3 Å². The second-order valence-corrected chi connectivity index (χ2v) is 8.15. The zero-order chi connectivity index (χ0) is 22.5. The highest BCUT2D eigenvalue weighted by atomic mass is 32.2. The number of aryl methyl sites for hydroxylation is 3. The highest BCUT2D eigenvalue weighted by Gasteiger charge is 2.21. The first kappa shape index (κ1) is 22.6. The van der Waals surface area contributed by atoms with Crippen LogP contribution in [0.1, 0.15) is 30.5 Å². The average Bonchev–Trinajstić information content (AvgIpc) is 3.37. The Bertz CT molecular complexity index is 1050. The molecule has 31 heavy (non-hydrogen) atoms. The van der Waals surface area contributed by atoms with Crippen molar-refractivity contribution in [2.75, 3.05) is 11.1 Å². The zero-order valence-electron chi connectivity index (χ0n) is 18.3. The maximum absolute atomic E-state index is 12.5. The van der Waals surface area contributed by atoms with Crippen molar-refractivity contribution in [1.82, 2.24) is 14.8 Å². The molecule has 164 valence electrons. The van der Waals surface area contributed by atoms with Gasteiger partial charge < -0.3 is 14.5 Å². The van der Waals surface area contributed by atoms with Crippen LogP contribution in [0.5, 0.6) is 0 Å². The lowest BCUT2D eigenvalue weighted by atomic mass is 10.0. The van der Waals surface area contributed by atoms with Gasteiger partial charge in [0.25, 0.3) is 5.91 Å². The number of furan rings is 1. The number of aromatic nitrogens is 3. The summed E-state index contributed by atoms with van der Waals surface area (Å²) >= 11 is 1.20. The van der Waals surface area contributed by atoms with Crippen molar-refractivity contribution in [1.29, 1.82) is 0 Å². The molecule has 9 heteroatoms. The van der Waals surface area contributed by atoms with Gasteiger partial charge in [0, 0.05) is 12.2 Å². The lowest BCUT2D eigenvalue weighted by Gasteiger charge is -2.16. The van der Waals surface area contributed by atoms with Gasteiger partial charge in [0.2, 0.25) is 0 Å². The number of esters is 1. The van der Waals surface area contributed by atoms with Crippen molar-refractivity contribution in [3.63, 3.8) is 0 Å². The van der Waals surface area contributed by atoms with Gasteiger partial charge in [-0.05, 0) is 57.9 Å². The second kappa shape index (κ2) is 9.82. The topological polar surface area (TPSA) is 99.2 Å². The van der Waals surface area contributed by atoms with Crippen LogP contribution in [0.4, 0.5) is 5.69 Å². The van der Waals surface area contributed by atoms with Gasteiger partial charge in [0.15, 0.2) is 22.8 Å². The maximum atomic E-state index is 12.5. The second-order valence-electron chi connectivity index (χ2n) is 7.21. The molecule has 0 radical (unpaired) electrons. The van der Waals surface area contributed by atoms with E-state index in [1.807, 2.05) is 44.4 Å². The molecule has 0 aliphatic rings. The van der Waals surface area contributed by atoms with Crippen LogP contribution in [-0.4, -0.2) is 38.5 Å². The number of thioether (sulfide) groups is 1. The van der Waals surface area contributed by atoms with E-state index in [1.165, 1.54) is 11.8 Å². The molecule has 1 unspecified atom stereocenters. The minimum absolute atomic E-state index is 0.0104. The molecule has 8 nitrogen and oxygen atoms in total. The van der Waals surface area contributed by atoms with Crippen molar-refractivity contribution < 1.29 is 18.7 Å². The van der Waals surface area contributed by atoms with E-state index in [0.717, 1.165) is 22.4 Å². The predicted octanol–water partition coefficient (Wildman–Crippen LogP) is 4.15. The highest BCUT2D eigenvalue weighted by molar-refractivity contribution is 7.99. The summed E-state index contributed by atoms with van der Waals surface area (Å²) in [5, 5.41) is 11.7. The van der Waals surface area contributed by atoms with Gasteiger partial charge in [-0.1, -0.05) is 29.5 Å². The third kappa shape index (κ3) is 5.35. The fourth-order valence-electron chi connectivity index (χ4n) is 3.28. The van der Waals surface area contributed by atoms with E-state index in [4.69, 9.17) is 9.15 Å². The summed E-state index contributed by atoms with van der Waals surface area (Å²) in [6.45, 7) is 10.0. The van der Waals surface area contributed by atoms with Crippen LogP contribution in [0.15, 0.2) is 40.1 Å². The van der Waals surface area contributed by atoms with Gasteiger partial charge in [0.05, 0.1) is 12.0 Å². The lowest BCUT2D eigenvalue weighted by Crippen LogP contribution is -2.31. The van der Waals surface area contributed by atoms with Gasteiger partial charge in [0.1, 0.15) is 0 Å². The fraction of sp³-hybridized carbons (Fsp3) is 0.364. The fourth-order valence-corrected chi connectivity index (χ4v) is 4.06. The molecule has 0 spiro atoms. The van der Waals surface area contributed by atoms with Crippen molar-refractivity contribution in [2.45, 2.75) is 52.4 Å². The van der Waals surface area contributed by atoms with E-state index in [0.29, 0.717) is 23.3 Å². The average molecular weight is 443 g/mol. The maximum Gasteiger partial charge on any atom is 0.317 e. The molecule has 3 rings (SSSR count). The van der Waals surface area contributed by atoms with Crippen molar-refractivity contribution in [3.05, 3.63) is 47.2 Å². The minimum Gasteiger partial charge on any atom is -0.461 e. The lowest BCUT2D eigenvalue weighted by molar-refractivity contribution is -0.150. The number of hydrogen-bond donors (Lipinski definition) is 1. The molecule has 1 atom stereocenters. The highest BCUT2D eigenvalue weighted by Crippen LogP contribution is 2.25.